The molecule has 0 aliphatic carbocycles. The molecule has 0 amide bonds. The minimum Gasteiger partial charge on any atom is -0.331 e. The summed E-state index contributed by atoms with van der Waals surface area (Å²) in [6.07, 6.45) is 3.29. The van der Waals surface area contributed by atoms with Gasteiger partial charge in [-0.15, -0.1) is 0 Å². The average molecular weight is 264 g/mol. The zero-order chi connectivity index (χ0) is 10.7. The maximum atomic E-state index is 8.47. The Kier molecular flexibility index (Phi) is 3.02. The number of halogens is 1. The van der Waals surface area contributed by atoms with Crippen molar-refractivity contribution in [1.29, 1.82) is 5.26 Å². The summed E-state index contributed by atoms with van der Waals surface area (Å²) < 4.78 is 3.13. The molecule has 0 spiro atoms. The van der Waals surface area contributed by atoms with Gasteiger partial charge in [0.15, 0.2) is 0 Å². The van der Waals surface area contributed by atoms with Gasteiger partial charge >= 0.3 is 0 Å². The Morgan fingerprint density at radius 1 is 1.47 bits per heavy atom. The van der Waals surface area contributed by atoms with Crippen LogP contribution in [0.25, 0.3) is 11.0 Å². The van der Waals surface area contributed by atoms with Gasteiger partial charge < -0.3 is 4.57 Å². The Hall–Kier alpha value is -1.34. The van der Waals surface area contributed by atoms with E-state index < -0.39 is 0 Å². The molecule has 3 nitrogen and oxygen atoms in total. The molecule has 0 saturated carbocycles. The van der Waals surface area contributed by atoms with Crippen molar-refractivity contribution < 1.29 is 0 Å². The monoisotopic (exact) mass is 263 g/mol. The molecular formula is C11H10BrN3. The van der Waals surface area contributed by atoms with Crippen LogP contribution in [0.4, 0.5) is 0 Å². The van der Waals surface area contributed by atoms with Crippen LogP contribution in [0.1, 0.15) is 12.8 Å². The number of fused-ring (bicyclic) bond motifs is 1. The second-order valence-electron chi connectivity index (χ2n) is 3.33. The van der Waals surface area contributed by atoms with E-state index in [0.717, 1.165) is 28.5 Å². The first-order valence-electron chi connectivity index (χ1n) is 4.78. The zero-order valence-corrected chi connectivity index (χ0v) is 9.74. The van der Waals surface area contributed by atoms with Crippen LogP contribution in [0.5, 0.6) is 0 Å². The van der Waals surface area contributed by atoms with Crippen LogP contribution in [-0.4, -0.2) is 9.55 Å². The number of imidazole rings is 1. The molecule has 4 heteroatoms. The average Bonchev–Trinajstić information content (AvgIpc) is 2.62. The lowest BCUT2D eigenvalue weighted by Gasteiger charge is -2.01. The van der Waals surface area contributed by atoms with Gasteiger partial charge in [-0.05, 0) is 24.6 Å². The Balaban J connectivity index is 2.28. The summed E-state index contributed by atoms with van der Waals surface area (Å²) in [5, 5.41) is 8.47. The van der Waals surface area contributed by atoms with Crippen molar-refractivity contribution >= 4 is 27.0 Å². The number of nitriles is 1. The van der Waals surface area contributed by atoms with E-state index in [4.69, 9.17) is 5.26 Å². The van der Waals surface area contributed by atoms with Gasteiger partial charge in [-0.25, -0.2) is 4.98 Å². The number of hydrogen-bond acceptors (Lipinski definition) is 2. The third-order valence-corrected chi connectivity index (χ3v) is 2.76. The summed E-state index contributed by atoms with van der Waals surface area (Å²) in [6, 6.07) is 8.16. The van der Waals surface area contributed by atoms with E-state index in [-0.39, 0.29) is 0 Å². The van der Waals surface area contributed by atoms with Gasteiger partial charge in [0.25, 0.3) is 0 Å². The molecule has 2 rings (SSSR count). The first-order chi connectivity index (χ1) is 7.31. The topological polar surface area (TPSA) is 41.6 Å². The van der Waals surface area contributed by atoms with Crippen molar-refractivity contribution in [1.82, 2.24) is 9.55 Å². The van der Waals surface area contributed by atoms with Gasteiger partial charge in [0, 0.05) is 17.4 Å². The SMILES string of the molecule is N#CCCCn1cnc2ccc(Br)cc21. The molecule has 0 atom stereocenters. The minimum absolute atomic E-state index is 0.591. The lowest BCUT2D eigenvalue weighted by atomic mass is 10.3. The Morgan fingerprint density at radius 2 is 2.33 bits per heavy atom. The predicted octanol–water partition coefficient (Wildman–Crippen LogP) is 3.10. The fourth-order valence-electron chi connectivity index (χ4n) is 1.54. The van der Waals surface area contributed by atoms with Crippen LogP contribution >= 0.6 is 15.9 Å². The molecule has 0 N–H and O–H groups in total. The van der Waals surface area contributed by atoms with Gasteiger partial charge in [-0.1, -0.05) is 15.9 Å². The van der Waals surface area contributed by atoms with Crippen molar-refractivity contribution in [2.75, 3.05) is 0 Å². The fourth-order valence-corrected chi connectivity index (χ4v) is 1.89. The summed E-state index contributed by atoms with van der Waals surface area (Å²) in [7, 11) is 0. The standard InChI is InChI=1S/C11H10BrN3/c12-9-3-4-10-11(7-9)15(8-14-10)6-2-1-5-13/h3-4,7-8H,1-2,6H2. The highest BCUT2D eigenvalue weighted by Crippen LogP contribution is 2.19. The van der Waals surface area contributed by atoms with Crippen LogP contribution in [0.2, 0.25) is 0 Å². The van der Waals surface area contributed by atoms with Gasteiger partial charge in [-0.3, -0.25) is 0 Å². The normalized spacial score (nSPS) is 10.4. The number of hydrogen-bond donors (Lipinski definition) is 0. The summed E-state index contributed by atoms with van der Waals surface area (Å²) in [5.41, 5.74) is 2.11. The molecule has 0 radical (unpaired) electrons. The Morgan fingerprint density at radius 3 is 3.13 bits per heavy atom. The maximum Gasteiger partial charge on any atom is 0.0958 e. The first kappa shape index (κ1) is 10.2. The molecular weight excluding hydrogens is 254 g/mol. The van der Waals surface area contributed by atoms with E-state index in [2.05, 4.69) is 37.6 Å². The van der Waals surface area contributed by atoms with Crippen molar-refractivity contribution in [3.63, 3.8) is 0 Å². The summed E-state index contributed by atoms with van der Waals surface area (Å²) >= 11 is 3.44. The minimum atomic E-state index is 0.591. The quantitative estimate of drug-likeness (QED) is 0.799. The van der Waals surface area contributed by atoms with Crippen molar-refractivity contribution in [2.45, 2.75) is 19.4 Å². The van der Waals surface area contributed by atoms with E-state index in [9.17, 15) is 0 Å². The molecule has 1 heterocycles. The zero-order valence-electron chi connectivity index (χ0n) is 8.15. The molecule has 0 aliphatic rings. The molecule has 0 fully saturated rings. The van der Waals surface area contributed by atoms with Crippen LogP contribution in [0.3, 0.4) is 0 Å². The number of benzene rings is 1. The van der Waals surface area contributed by atoms with E-state index in [1.54, 1.807) is 0 Å². The van der Waals surface area contributed by atoms with Crippen molar-refractivity contribution in [2.24, 2.45) is 0 Å². The molecule has 15 heavy (non-hydrogen) atoms. The fraction of sp³-hybridized carbons (Fsp3) is 0.273. The predicted molar refractivity (Wildman–Crippen MR) is 62.3 cm³/mol. The Labute approximate surface area is 96.5 Å². The highest BCUT2D eigenvalue weighted by molar-refractivity contribution is 9.10. The van der Waals surface area contributed by atoms with Crippen LogP contribution in [0, 0.1) is 11.3 Å². The lowest BCUT2D eigenvalue weighted by molar-refractivity contribution is 0.669. The molecule has 0 unspecified atom stereocenters. The maximum absolute atomic E-state index is 8.47. The first-order valence-corrected chi connectivity index (χ1v) is 5.58. The van der Waals surface area contributed by atoms with Gasteiger partial charge in [-0.2, -0.15) is 5.26 Å². The third kappa shape index (κ3) is 2.18. The second kappa shape index (κ2) is 4.45. The molecule has 0 bridgehead atoms. The summed E-state index contributed by atoms with van der Waals surface area (Å²) in [4.78, 5) is 4.30. The van der Waals surface area contributed by atoms with Crippen molar-refractivity contribution in [3.05, 3.63) is 29.0 Å². The van der Waals surface area contributed by atoms with Gasteiger partial charge in [0.05, 0.1) is 23.4 Å². The molecule has 1 aromatic carbocycles. The van der Waals surface area contributed by atoms with E-state index in [1.807, 2.05) is 18.5 Å². The number of aryl methyl sites for hydroxylation is 1. The van der Waals surface area contributed by atoms with E-state index >= 15 is 0 Å². The van der Waals surface area contributed by atoms with Crippen LogP contribution in [-0.2, 0) is 6.54 Å². The van der Waals surface area contributed by atoms with E-state index in [1.165, 1.54) is 0 Å². The second-order valence-corrected chi connectivity index (χ2v) is 4.25. The molecule has 0 saturated heterocycles. The number of unbranched alkanes of at least 4 members (excludes halogenated alkanes) is 1. The lowest BCUT2D eigenvalue weighted by Crippen LogP contribution is -1.95. The molecule has 76 valence electrons. The third-order valence-electron chi connectivity index (χ3n) is 2.27. The molecule has 1 aromatic heterocycles. The highest BCUT2D eigenvalue weighted by Gasteiger charge is 2.02. The van der Waals surface area contributed by atoms with Crippen molar-refractivity contribution in [3.8, 4) is 6.07 Å². The highest BCUT2D eigenvalue weighted by atomic mass is 79.9. The molecule has 0 aliphatic heterocycles. The largest absolute Gasteiger partial charge is 0.331 e. The van der Waals surface area contributed by atoms with Crippen LogP contribution in [0.15, 0.2) is 29.0 Å². The van der Waals surface area contributed by atoms with E-state index in [0.29, 0.717) is 6.42 Å². The number of nitrogens with zero attached hydrogens (tertiary/aromatic N) is 3. The summed E-state index contributed by atoms with van der Waals surface area (Å²) in [5.74, 6) is 0. The summed E-state index contributed by atoms with van der Waals surface area (Å²) in [6.45, 7) is 0.848. The Bertz CT molecular complexity index is 510. The van der Waals surface area contributed by atoms with Gasteiger partial charge in [0.1, 0.15) is 0 Å². The number of rotatable bonds is 3. The number of aromatic nitrogens is 2. The van der Waals surface area contributed by atoms with Crippen LogP contribution < -0.4 is 0 Å². The smallest absolute Gasteiger partial charge is 0.0958 e. The molecule has 2 aromatic rings. The van der Waals surface area contributed by atoms with Gasteiger partial charge in [0.2, 0.25) is 0 Å².